The number of rotatable bonds is 0. The molecule has 0 unspecified atom stereocenters. The molecule has 0 saturated carbocycles. The molecular weight excluding hydrogens is 619 g/mol. The van der Waals surface area contributed by atoms with Crippen molar-refractivity contribution in [2.24, 2.45) is 0 Å². The summed E-state index contributed by atoms with van der Waals surface area (Å²) in [7, 11) is 0. The Kier molecular flexibility index (Phi) is 14.7. The molecule has 0 heterocycles. The zero-order valence-corrected chi connectivity index (χ0v) is 30.3. The van der Waals surface area contributed by atoms with E-state index in [0.717, 1.165) is 5.02 Å². The van der Waals surface area contributed by atoms with E-state index in [-0.39, 0.29) is 10.8 Å². The molecule has 0 fully saturated rings. The topological polar surface area (TPSA) is 0 Å². The summed E-state index contributed by atoms with van der Waals surface area (Å²) in [5, 5.41) is 6.29. The van der Waals surface area contributed by atoms with Crippen LogP contribution in [0.15, 0.2) is 115 Å². The Morgan fingerprint density at radius 2 is 1.12 bits per heavy atom. The fraction of sp³-hybridized carbons (Fsp3) is 0.244. The van der Waals surface area contributed by atoms with Gasteiger partial charge in [-0.25, -0.2) is 12.1 Å². The first kappa shape index (κ1) is 36.3. The largest absolute Gasteiger partial charge is 0.214 e. The van der Waals surface area contributed by atoms with E-state index in [2.05, 4.69) is 102 Å². The third-order valence-corrected chi connectivity index (χ3v) is 7.08. The Morgan fingerprint density at radius 3 is 1.37 bits per heavy atom. The summed E-state index contributed by atoms with van der Waals surface area (Å²) in [5.74, 6) is 0. The quantitative estimate of drug-likeness (QED) is 0.142. The van der Waals surface area contributed by atoms with E-state index in [1.54, 1.807) is 6.07 Å². The van der Waals surface area contributed by atoms with Gasteiger partial charge in [-0.3, -0.25) is 0 Å². The summed E-state index contributed by atoms with van der Waals surface area (Å²) in [6.45, 7) is 18.3. The van der Waals surface area contributed by atoms with Gasteiger partial charge in [0.05, 0.1) is 0 Å². The van der Waals surface area contributed by atoms with E-state index in [1.807, 2.05) is 78.9 Å². The minimum absolute atomic E-state index is 0.180. The molecule has 0 radical (unpaired) electrons. The zero-order valence-electron chi connectivity index (χ0n) is 27.1. The Balaban J connectivity index is 0.000000259. The van der Waals surface area contributed by atoms with Gasteiger partial charge in [0.2, 0.25) is 0 Å². The second-order valence-electron chi connectivity index (χ2n) is 12.4. The number of benzene rings is 4. The summed E-state index contributed by atoms with van der Waals surface area (Å²) in [6.07, 6.45) is 0. The maximum Gasteiger partial charge on any atom is -0.171 e. The van der Waals surface area contributed by atoms with Crippen molar-refractivity contribution in [3.63, 3.8) is 0 Å². The first-order chi connectivity index (χ1) is 20.4. The molecule has 2 heteroatoms. The van der Waals surface area contributed by atoms with Gasteiger partial charge in [-0.2, -0.15) is 96.5 Å². The summed E-state index contributed by atoms with van der Waals surface area (Å²) in [5.41, 5.74) is 6.06. The smallest absolute Gasteiger partial charge is 0.171 e. The molecule has 0 aliphatic rings. The van der Waals surface area contributed by atoms with E-state index in [4.69, 9.17) is 11.6 Å². The Morgan fingerprint density at radius 1 is 0.651 bits per heavy atom. The van der Waals surface area contributed by atoms with E-state index in [0.29, 0.717) is 0 Å². The molecule has 0 atom stereocenters. The molecule has 0 amide bonds. The molecule has 6 aromatic rings. The Hall–Kier alpha value is -2.86. The molecule has 0 bridgehead atoms. The van der Waals surface area contributed by atoms with Crippen molar-refractivity contribution in [1.29, 1.82) is 0 Å². The summed E-state index contributed by atoms with van der Waals surface area (Å²) in [4.78, 5) is 0. The SMILES string of the molecule is Cc1cc2[cH-]c3cc(C)c(C(C)(C)C)cc3c2cc1C(C)(C)C.Clc1c[c-]ccc1.[CH2]=[Zr].[c-]1ccccc1.c1cc[cH-]c1. The first-order valence-corrected chi connectivity index (χ1v) is 16.7. The van der Waals surface area contributed by atoms with Gasteiger partial charge >= 0.3 is 28.4 Å². The minimum atomic E-state index is 0.180. The van der Waals surface area contributed by atoms with Gasteiger partial charge in [0.15, 0.2) is 0 Å². The number of aryl methyl sites for hydroxylation is 2. The molecule has 0 N–H and O–H groups in total. The Bertz CT molecular complexity index is 1490. The van der Waals surface area contributed by atoms with E-state index < -0.39 is 0 Å². The molecule has 0 aromatic heterocycles. The molecule has 6 rings (SSSR count). The maximum atomic E-state index is 5.51. The molecule has 0 aliphatic heterocycles. The summed E-state index contributed by atoms with van der Waals surface area (Å²) in [6, 6.07) is 44.5. The van der Waals surface area contributed by atoms with Crippen LogP contribution in [0, 0.1) is 26.0 Å². The average Bonchev–Trinajstić information content (AvgIpc) is 3.66. The summed E-state index contributed by atoms with van der Waals surface area (Å²) < 4.78 is 3.34. The maximum absolute atomic E-state index is 5.51. The van der Waals surface area contributed by atoms with Crippen LogP contribution in [-0.2, 0) is 35.1 Å². The van der Waals surface area contributed by atoms with E-state index in [1.165, 1.54) is 68.0 Å². The number of hydrogen-bond acceptors (Lipinski definition) is 0. The fourth-order valence-electron chi connectivity index (χ4n) is 4.98. The van der Waals surface area contributed by atoms with Crippen LogP contribution in [0.1, 0.15) is 63.8 Å². The fourth-order valence-corrected chi connectivity index (χ4v) is 5.12. The van der Waals surface area contributed by atoms with Crippen molar-refractivity contribution in [1.82, 2.24) is 0 Å². The van der Waals surface area contributed by atoms with Crippen LogP contribution in [0.4, 0.5) is 0 Å². The van der Waals surface area contributed by atoms with Gasteiger partial charge in [-0.1, -0.05) is 81.0 Å². The predicted molar refractivity (Wildman–Crippen MR) is 189 cm³/mol. The van der Waals surface area contributed by atoms with Gasteiger partial charge < -0.3 is 0 Å². The van der Waals surface area contributed by atoms with Crippen LogP contribution in [-0.4, -0.2) is 4.21 Å². The van der Waals surface area contributed by atoms with Gasteiger partial charge in [0, 0.05) is 0 Å². The molecule has 0 nitrogen and oxygen atoms in total. The van der Waals surface area contributed by atoms with Crippen LogP contribution < -0.4 is 0 Å². The monoisotopic (exact) mass is 662 g/mol. The van der Waals surface area contributed by atoms with Crippen molar-refractivity contribution in [2.45, 2.75) is 66.2 Å². The van der Waals surface area contributed by atoms with Gasteiger partial charge in [0.25, 0.3) is 0 Å². The van der Waals surface area contributed by atoms with Crippen LogP contribution in [0.25, 0.3) is 21.5 Å². The number of hydrogen-bond donors (Lipinski definition) is 0. The normalized spacial score (nSPS) is 10.6. The van der Waals surface area contributed by atoms with Gasteiger partial charge in [0.1, 0.15) is 0 Å². The van der Waals surface area contributed by atoms with Crippen LogP contribution in [0.5, 0.6) is 0 Å². The van der Waals surface area contributed by atoms with E-state index in [9.17, 15) is 0 Å². The van der Waals surface area contributed by atoms with E-state index >= 15 is 0 Å². The van der Waals surface area contributed by atoms with Crippen LogP contribution >= 0.6 is 11.6 Å². The molecule has 224 valence electrons. The van der Waals surface area contributed by atoms with Gasteiger partial charge in [-0.05, 0) is 24.7 Å². The van der Waals surface area contributed by atoms with Crippen molar-refractivity contribution in [3.05, 3.63) is 155 Å². The van der Waals surface area contributed by atoms with Crippen LogP contribution in [0.3, 0.4) is 0 Å². The van der Waals surface area contributed by atoms with Crippen molar-refractivity contribution < 1.29 is 24.2 Å². The molecule has 43 heavy (non-hydrogen) atoms. The Labute approximate surface area is 280 Å². The average molecular weight is 664 g/mol. The third kappa shape index (κ3) is 11.6. The van der Waals surface area contributed by atoms with Crippen molar-refractivity contribution in [2.75, 3.05) is 0 Å². The third-order valence-electron chi connectivity index (χ3n) is 6.84. The second-order valence-corrected chi connectivity index (χ2v) is 12.9. The van der Waals surface area contributed by atoms with Crippen molar-refractivity contribution in [3.8, 4) is 0 Å². The molecule has 0 aliphatic carbocycles. The molecule has 6 aromatic carbocycles. The van der Waals surface area contributed by atoms with Gasteiger partial charge in [-0.15, -0.1) is 39.7 Å². The second kappa shape index (κ2) is 17.4. The molecular formula is C41H45ClZr-4. The zero-order chi connectivity index (χ0) is 32.0. The number of halogens is 1. The summed E-state index contributed by atoms with van der Waals surface area (Å²) >= 11 is 6.81. The first-order valence-electron chi connectivity index (χ1n) is 14.6. The minimum Gasteiger partial charge on any atom is -0.214 e. The van der Waals surface area contributed by atoms with Crippen molar-refractivity contribution >= 4 is 37.4 Å². The molecule has 0 spiro atoms. The predicted octanol–water partition coefficient (Wildman–Crippen LogP) is 11.9. The molecule has 0 saturated heterocycles. The number of fused-ring (bicyclic) bond motifs is 3. The van der Waals surface area contributed by atoms with Crippen LogP contribution in [0.2, 0.25) is 5.02 Å². The standard InChI is InChI=1S/C23H29.C6H4Cl.C6H5.C5H5.CH2.Zr/c1-14-9-16-11-17-10-15(2)21(23(6,7)8)13-19(17)18(16)12-20(14)22(3,4)5;7-6-4-2-1-3-5-6;1-2-4-6-5-3-1;1-2-4-5-3-1;;/h9-13H,1-8H3;1-2,4-5H;1-5H;1-5H;1H2;/q4*-1;;.